The quantitative estimate of drug-likeness (QED) is 0.312. The molecule has 0 radical (unpaired) electrons. The zero-order chi connectivity index (χ0) is 27.3. The third kappa shape index (κ3) is 7.52. The number of nitrogens with one attached hydrogen (secondary N) is 1. The summed E-state index contributed by atoms with van der Waals surface area (Å²) in [6, 6.07) is 3.60. The Labute approximate surface area is 224 Å². The Kier molecular flexibility index (Phi) is 9.72. The van der Waals surface area contributed by atoms with Crippen LogP contribution in [0.2, 0.25) is 5.02 Å². The average Bonchev–Trinajstić information content (AvgIpc) is 3.09. The molecule has 2 atom stereocenters. The van der Waals surface area contributed by atoms with Crippen molar-refractivity contribution in [1.82, 2.24) is 10.2 Å². The minimum atomic E-state index is -3.06. The first-order chi connectivity index (χ1) is 17.4. The van der Waals surface area contributed by atoms with Crippen molar-refractivity contribution in [2.45, 2.75) is 39.2 Å². The molecule has 1 unspecified atom stereocenters. The van der Waals surface area contributed by atoms with Crippen LogP contribution >= 0.6 is 23.4 Å². The van der Waals surface area contributed by atoms with E-state index in [1.54, 1.807) is 11.0 Å². The zero-order valence-corrected chi connectivity index (χ0v) is 22.6. The predicted molar refractivity (Wildman–Crippen MR) is 144 cm³/mol. The maximum absolute atomic E-state index is 14.7. The molecule has 2 N–H and O–H groups in total. The van der Waals surface area contributed by atoms with Gasteiger partial charge >= 0.3 is 5.97 Å². The van der Waals surface area contributed by atoms with Crippen molar-refractivity contribution in [1.29, 1.82) is 0 Å². The van der Waals surface area contributed by atoms with E-state index in [9.17, 15) is 18.0 Å². The summed E-state index contributed by atoms with van der Waals surface area (Å²) in [5.41, 5.74) is 2.16. The van der Waals surface area contributed by atoms with Gasteiger partial charge in [-0.25, -0.2) is 18.0 Å². The number of halogens is 4. The van der Waals surface area contributed by atoms with Gasteiger partial charge in [0.2, 0.25) is 0 Å². The highest BCUT2D eigenvalue weighted by atomic mass is 35.5. The van der Waals surface area contributed by atoms with Gasteiger partial charge in [-0.2, -0.15) is 0 Å². The monoisotopic (exact) mass is 553 g/mol. The molecule has 1 aromatic rings. The third-order valence-corrected chi connectivity index (χ3v) is 7.20. The largest absolute Gasteiger partial charge is 0.478 e. The number of carbonyl (C=O) groups is 1. The van der Waals surface area contributed by atoms with Crippen LogP contribution in [0.25, 0.3) is 0 Å². The molecule has 10 heteroatoms. The van der Waals surface area contributed by atoms with Gasteiger partial charge in [-0.1, -0.05) is 68.9 Å². The van der Waals surface area contributed by atoms with Gasteiger partial charge in [-0.05, 0) is 41.0 Å². The Morgan fingerprint density at radius 1 is 1.43 bits per heavy atom. The second-order valence-electron chi connectivity index (χ2n) is 9.38. The molecule has 0 bridgehead atoms. The fourth-order valence-corrected chi connectivity index (χ4v) is 5.31. The summed E-state index contributed by atoms with van der Waals surface area (Å²) in [4.78, 5) is 17.9. The van der Waals surface area contributed by atoms with E-state index in [1.165, 1.54) is 23.9 Å². The van der Waals surface area contributed by atoms with Crippen LogP contribution in [0, 0.1) is 17.7 Å². The minimum Gasteiger partial charge on any atom is -0.478 e. The van der Waals surface area contributed by atoms with Crippen LogP contribution in [0.1, 0.15) is 38.8 Å². The van der Waals surface area contributed by atoms with E-state index in [1.807, 2.05) is 18.4 Å². The van der Waals surface area contributed by atoms with Crippen molar-refractivity contribution < 1.29 is 23.1 Å². The first-order valence-electron chi connectivity index (χ1n) is 12.0. The zero-order valence-electron chi connectivity index (χ0n) is 21.0. The fourth-order valence-electron chi connectivity index (χ4n) is 4.27. The number of carboxylic acid groups (broad SMARTS) is 1. The standard InChI is InChI=1S/C27H31ClF3N3O2S/c1-5-20-23(14-34-13-18(6-9-24(35)36)27(30,31)15-34)32-26(17(4)37-11-10-16(2)3)33-25(20)21-8-7-19(29)12-22(21)28/h6-12,16,18,25H,4-5,13-15H2,1-3H3,(H,32,33)(H,35,36)/b9-6+,11-10-/t18?,25-/m1/s1. The van der Waals surface area contributed by atoms with E-state index < -0.39 is 36.2 Å². The SMILES string of the molecule is C=C(S/C=C\C(C)C)C1=N[C@@H](c2ccc(F)cc2Cl)C(CC)=C(CN2CC(/C=C/C(=O)O)C(F)(F)C2)N1. The molecule has 37 heavy (non-hydrogen) atoms. The Balaban J connectivity index is 1.95. The normalized spacial score (nSPS) is 22.2. The van der Waals surface area contributed by atoms with Crippen molar-refractivity contribution in [3.8, 4) is 0 Å². The van der Waals surface area contributed by atoms with Gasteiger partial charge in [0.05, 0.1) is 12.5 Å². The lowest BCUT2D eigenvalue weighted by atomic mass is 9.93. The molecule has 2 heterocycles. The number of allylic oxidation sites excluding steroid dienone is 1. The minimum absolute atomic E-state index is 0.000222. The molecule has 1 aromatic carbocycles. The molecule has 1 fully saturated rings. The predicted octanol–water partition coefficient (Wildman–Crippen LogP) is 6.81. The summed E-state index contributed by atoms with van der Waals surface area (Å²) in [5.74, 6) is -5.15. The fraction of sp³-hybridized carbons (Fsp3) is 0.407. The summed E-state index contributed by atoms with van der Waals surface area (Å²) in [6.07, 6.45) is 4.40. The average molecular weight is 554 g/mol. The van der Waals surface area contributed by atoms with Crippen molar-refractivity contribution in [2.75, 3.05) is 19.6 Å². The third-order valence-electron chi connectivity index (χ3n) is 6.11. The van der Waals surface area contributed by atoms with Crippen LogP contribution in [0.5, 0.6) is 0 Å². The van der Waals surface area contributed by atoms with Crippen molar-refractivity contribution in [3.63, 3.8) is 0 Å². The second-order valence-corrected chi connectivity index (χ2v) is 10.8. The highest BCUT2D eigenvalue weighted by Gasteiger charge is 2.47. The molecule has 200 valence electrons. The Hall–Kier alpha value is -2.49. The van der Waals surface area contributed by atoms with Crippen LogP contribution < -0.4 is 5.32 Å². The van der Waals surface area contributed by atoms with Gasteiger partial charge in [-0.3, -0.25) is 9.89 Å². The number of rotatable bonds is 10. The molecular formula is C27H31ClF3N3O2S. The number of likely N-dealkylation sites (tertiary alicyclic amines) is 1. The van der Waals surface area contributed by atoms with Crippen LogP contribution in [-0.2, 0) is 4.79 Å². The molecule has 1 saturated heterocycles. The number of aliphatic carboxylic acids is 1. The Morgan fingerprint density at radius 2 is 2.16 bits per heavy atom. The highest BCUT2D eigenvalue weighted by molar-refractivity contribution is 8.06. The summed E-state index contributed by atoms with van der Waals surface area (Å²) < 4.78 is 43.1. The first-order valence-corrected chi connectivity index (χ1v) is 13.2. The van der Waals surface area contributed by atoms with Gasteiger partial charge < -0.3 is 10.4 Å². The molecule has 0 spiro atoms. The summed E-state index contributed by atoms with van der Waals surface area (Å²) in [7, 11) is 0. The number of hydrogen-bond acceptors (Lipinski definition) is 5. The van der Waals surface area contributed by atoms with E-state index in [4.69, 9.17) is 21.7 Å². The summed E-state index contributed by atoms with van der Waals surface area (Å²) >= 11 is 7.81. The second kappa shape index (κ2) is 12.4. The summed E-state index contributed by atoms with van der Waals surface area (Å²) in [6.45, 7) is 9.85. The van der Waals surface area contributed by atoms with E-state index in [0.717, 1.165) is 17.7 Å². The number of thioether (sulfide) groups is 1. The highest BCUT2D eigenvalue weighted by Crippen LogP contribution is 2.39. The smallest absolute Gasteiger partial charge is 0.327 e. The van der Waals surface area contributed by atoms with E-state index >= 15 is 0 Å². The molecule has 0 amide bonds. The molecule has 0 aromatic heterocycles. The van der Waals surface area contributed by atoms with E-state index in [-0.39, 0.29) is 18.1 Å². The maximum Gasteiger partial charge on any atom is 0.327 e. The Bertz CT molecular complexity index is 1160. The lowest BCUT2D eigenvalue weighted by molar-refractivity contribution is -0.131. The lowest BCUT2D eigenvalue weighted by Gasteiger charge is -2.31. The topological polar surface area (TPSA) is 64.9 Å². The van der Waals surface area contributed by atoms with Gasteiger partial charge in [0.25, 0.3) is 5.92 Å². The van der Waals surface area contributed by atoms with E-state index in [2.05, 4.69) is 25.7 Å². The van der Waals surface area contributed by atoms with Gasteiger partial charge in [0.1, 0.15) is 17.7 Å². The van der Waals surface area contributed by atoms with Crippen molar-refractivity contribution in [2.24, 2.45) is 16.8 Å². The van der Waals surface area contributed by atoms with Crippen LogP contribution in [0.15, 0.2) is 69.6 Å². The van der Waals surface area contributed by atoms with Crippen molar-refractivity contribution >= 4 is 35.2 Å². The van der Waals surface area contributed by atoms with E-state index in [0.29, 0.717) is 34.3 Å². The number of nitrogens with zero attached hydrogens (tertiary/aromatic N) is 2. The van der Waals surface area contributed by atoms with Crippen LogP contribution in [-0.4, -0.2) is 47.4 Å². The number of amidine groups is 1. The number of hydrogen-bond donors (Lipinski definition) is 2. The lowest BCUT2D eigenvalue weighted by Crippen LogP contribution is -2.37. The molecule has 0 saturated carbocycles. The maximum atomic E-state index is 14.7. The van der Waals surface area contributed by atoms with Gasteiger partial charge in [0, 0.05) is 34.8 Å². The molecule has 2 aliphatic heterocycles. The number of aliphatic imine (C=N–C) groups is 1. The first kappa shape index (κ1) is 29.1. The Morgan fingerprint density at radius 3 is 2.78 bits per heavy atom. The molecule has 3 rings (SSSR count). The molecule has 0 aliphatic carbocycles. The van der Waals surface area contributed by atoms with Gasteiger partial charge in [-0.15, -0.1) is 0 Å². The van der Waals surface area contributed by atoms with Crippen LogP contribution in [0.4, 0.5) is 13.2 Å². The number of alkyl halides is 2. The number of carboxylic acids is 1. The van der Waals surface area contributed by atoms with Crippen LogP contribution in [0.3, 0.4) is 0 Å². The molecular weight excluding hydrogens is 523 g/mol. The van der Waals surface area contributed by atoms with Gasteiger partial charge in [0.15, 0.2) is 0 Å². The van der Waals surface area contributed by atoms with Crippen molar-refractivity contribution in [3.05, 3.63) is 81.0 Å². The molecule has 5 nitrogen and oxygen atoms in total. The number of benzene rings is 1. The summed E-state index contributed by atoms with van der Waals surface area (Å²) in [5, 5.41) is 14.3. The molecule has 2 aliphatic rings.